The molecule has 22 heavy (non-hydrogen) atoms. The van der Waals surface area contributed by atoms with Crippen LogP contribution in [0.1, 0.15) is 37.7 Å². The third-order valence-corrected chi connectivity index (χ3v) is 4.31. The van der Waals surface area contributed by atoms with Crippen molar-refractivity contribution in [3.8, 4) is 0 Å². The van der Waals surface area contributed by atoms with Gasteiger partial charge in [0.2, 0.25) is 0 Å². The maximum absolute atomic E-state index is 5.62. The van der Waals surface area contributed by atoms with Crippen LogP contribution in [0.2, 0.25) is 0 Å². The van der Waals surface area contributed by atoms with Crippen molar-refractivity contribution in [2.45, 2.75) is 38.6 Å². The van der Waals surface area contributed by atoms with Gasteiger partial charge < -0.3 is 16.5 Å². The Labute approximate surface area is 129 Å². The molecule has 0 radical (unpaired) electrons. The normalized spacial score (nSPS) is 15.9. The molecule has 1 aliphatic carbocycles. The molecule has 0 saturated heterocycles. The van der Waals surface area contributed by atoms with Gasteiger partial charge in [0.25, 0.3) is 0 Å². The van der Waals surface area contributed by atoms with Crippen molar-refractivity contribution in [1.29, 1.82) is 0 Å². The van der Waals surface area contributed by atoms with E-state index in [1.54, 1.807) is 12.5 Å². The molecule has 0 unspecified atom stereocenters. The molecule has 3 aromatic heterocycles. The zero-order valence-corrected chi connectivity index (χ0v) is 12.7. The molecule has 1 fully saturated rings. The fourth-order valence-electron chi connectivity index (χ4n) is 3.02. The van der Waals surface area contributed by atoms with Gasteiger partial charge in [0.05, 0.1) is 11.7 Å². The van der Waals surface area contributed by atoms with E-state index < -0.39 is 0 Å². The lowest BCUT2D eigenvalue weighted by molar-refractivity contribution is 0.366. The van der Waals surface area contributed by atoms with Crippen molar-refractivity contribution in [1.82, 2.24) is 24.6 Å². The van der Waals surface area contributed by atoms with Crippen LogP contribution >= 0.6 is 0 Å². The summed E-state index contributed by atoms with van der Waals surface area (Å²) in [7, 11) is 0. The third-order valence-electron chi connectivity index (χ3n) is 4.31. The Morgan fingerprint density at radius 1 is 1.23 bits per heavy atom. The Balaban J connectivity index is 0.000000154. The minimum Gasteiger partial charge on any atom is -0.345 e. The van der Waals surface area contributed by atoms with Crippen LogP contribution in [0, 0.1) is 5.92 Å². The number of H-pyrrole nitrogens is 1. The van der Waals surface area contributed by atoms with E-state index in [2.05, 4.69) is 20.2 Å². The molecule has 0 amide bonds. The van der Waals surface area contributed by atoms with E-state index in [0.717, 1.165) is 34.8 Å². The van der Waals surface area contributed by atoms with Crippen molar-refractivity contribution in [3.05, 3.63) is 24.3 Å². The third kappa shape index (κ3) is 2.95. The van der Waals surface area contributed by atoms with Crippen LogP contribution in [-0.4, -0.2) is 31.1 Å². The average Bonchev–Trinajstić information content (AvgIpc) is 3.21. The first-order valence-corrected chi connectivity index (χ1v) is 7.88. The molecule has 7 nitrogen and oxygen atoms in total. The van der Waals surface area contributed by atoms with Crippen LogP contribution in [0.25, 0.3) is 16.8 Å². The van der Waals surface area contributed by atoms with Gasteiger partial charge in [-0.3, -0.25) is 4.40 Å². The molecule has 4 rings (SSSR count). The molecule has 0 bridgehead atoms. The second-order valence-electron chi connectivity index (χ2n) is 5.77. The lowest BCUT2D eigenvalue weighted by Crippen LogP contribution is -2.16. The van der Waals surface area contributed by atoms with Gasteiger partial charge in [-0.05, 0) is 25.3 Å². The van der Waals surface area contributed by atoms with Crippen molar-refractivity contribution >= 4 is 16.8 Å². The lowest BCUT2D eigenvalue weighted by Gasteiger charge is -2.18. The second kappa shape index (κ2) is 6.85. The summed E-state index contributed by atoms with van der Waals surface area (Å²) in [5.41, 5.74) is 14.6. The van der Waals surface area contributed by atoms with E-state index >= 15 is 0 Å². The number of fused-ring (bicyclic) bond motifs is 3. The molecule has 0 atom stereocenters. The van der Waals surface area contributed by atoms with E-state index in [1.807, 2.05) is 10.6 Å². The number of rotatable bonds is 2. The fourth-order valence-corrected chi connectivity index (χ4v) is 3.02. The summed E-state index contributed by atoms with van der Waals surface area (Å²) < 4.78 is 1.88. The van der Waals surface area contributed by atoms with Crippen LogP contribution in [0.5, 0.6) is 0 Å². The van der Waals surface area contributed by atoms with Gasteiger partial charge in [0, 0.05) is 18.3 Å². The van der Waals surface area contributed by atoms with E-state index in [-0.39, 0.29) is 0 Å². The van der Waals surface area contributed by atoms with Gasteiger partial charge in [-0.2, -0.15) is 0 Å². The predicted molar refractivity (Wildman–Crippen MR) is 86.2 cm³/mol. The monoisotopic (exact) mass is 301 g/mol. The molecule has 1 aliphatic rings. The van der Waals surface area contributed by atoms with Crippen LogP contribution in [0.4, 0.5) is 0 Å². The van der Waals surface area contributed by atoms with Crippen LogP contribution in [-0.2, 0) is 6.54 Å². The largest absolute Gasteiger partial charge is 0.345 e. The molecule has 1 saturated carbocycles. The Morgan fingerprint density at radius 2 is 2.05 bits per heavy atom. The SMILES string of the molecule is NCC1CCCCC1.NCc1c[nH]c2ncc3nncn3c12. The highest BCUT2D eigenvalue weighted by Gasteiger charge is 2.10. The first-order chi connectivity index (χ1) is 10.8. The first kappa shape index (κ1) is 14.9. The molecule has 0 spiro atoms. The van der Waals surface area contributed by atoms with Gasteiger partial charge in [-0.15, -0.1) is 10.2 Å². The highest BCUT2D eigenvalue weighted by molar-refractivity contribution is 5.78. The standard InChI is InChI=1S/C8H8N6.C7H15N/c9-1-5-2-10-8-7(5)14-4-12-13-6(14)3-11-8;8-6-7-4-2-1-3-5-7/h2-4,10H,1,9H2;7H,1-6,8H2. The number of nitrogens with one attached hydrogen (secondary N) is 1. The summed E-state index contributed by atoms with van der Waals surface area (Å²) in [6, 6.07) is 0. The summed E-state index contributed by atoms with van der Waals surface area (Å²) in [4.78, 5) is 7.27. The van der Waals surface area contributed by atoms with E-state index in [4.69, 9.17) is 11.5 Å². The Kier molecular flexibility index (Phi) is 4.65. The van der Waals surface area contributed by atoms with E-state index in [0.29, 0.717) is 6.54 Å². The van der Waals surface area contributed by atoms with Gasteiger partial charge in [-0.25, -0.2) is 4.98 Å². The zero-order chi connectivity index (χ0) is 15.4. The fraction of sp³-hybridized carbons (Fsp3) is 0.533. The summed E-state index contributed by atoms with van der Waals surface area (Å²) in [5, 5.41) is 7.74. The number of hydrogen-bond acceptors (Lipinski definition) is 5. The Hall–Kier alpha value is -1.99. The molecule has 0 aromatic carbocycles. The molecular weight excluding hydrogens is 278 g/mol. The van der Waals surface area contributed by atoms with E-state index in [9.17, 15) is 0 Å². The smallest absolute Gasteiger partial charge is 0.179 e. The summed E-state index contributed by atoms with van der Waals surface area (Å²) in [6.45, 7) is 1.39. The van der Waals surface area contributed by atoms with Crippen molar-refractivity contribution in [2.75, 3.05) is 6.54 Å². The van der Waals surface area contributed by atoms with E-state index in [1.165, 1.54) is 32.1 Å². The van der Waals surface area contributed by atoms with Gasteiger partial charge >= 0.3 is 0 Å². The van der Waals surface area contributed by atoms with Gasteiger partial charge in [-0.1, -0.05) is 19.3 Å². The maximum atomic E-state index is 5.62. The second-order valence-corrected chi connectivity index (χ2v) is 5.77. The molecule has 5 N–H and O–H groups in total. The quantitative estimate of drug-likeness (QED) is 0.665. The highest BCUT2D eigenvalue weighted by Crippen LogP contribution is 2.21. The molecule has 0 aliphatic heterocycles. The van der Waals surface area contributed by atoms with Crippen LogP contribution in [0.15, 0.2) is 18.7 Å². The van der Waals surface area contributed by atoms with Crippen LogP contribution in [0.3, 0.4) is 0 Å². The van der Waals surface area contributed by atoms with Crippen LogP contribution < -0.4 is 11.5 Å². The number of nitrogens with zero attached hydrogens (tertiary/aromatic N) is 4. The minimum absolute atomic E-state index is 0.471. The van der Waals surface area contributed by atoms with Gasteiger partial charge in [0.1, 0.15) is 6.33 Å². The number of aromatic nitrogens is 5. The predicted octanol–water partition coefficient (Wildman–Crippen LogP) is 1.59. The summed E-state index contributed by atoms with van der Waals surface area (Å²) in [5.74, 6) is 0.865. The Morgan fingerprint density at radius 3 is 2.73 bits per heavy atom. The molecule has 118 valence electrons. The lowest BCUT2D eigenvalue weighted by atomic mass is 9.90. The van der Waals surface area contributed by atoms with Crippen molar-refractivity contribution in [3.63, 3.8) is 0 Å². The summed E-state index contributed by atoms with van der Waals surface area (Å²) in [6.07, 6.45) is 12.2. The topological polar surface area (TPSA) is 111 Å². The molecular formula is C15H23N7. The number of nitrogens with two attached hydrogens (primary N) is 2. The van der Waals surface area contributed by atoms with Crippen molar-refractivity contribution < 1.29 is 0 Å². The Bertz CT molecular complexity index is 724. The number of aromatic amines is 1. The molecule has 7 heteroatoms. The molecule has 3 aromatic rings. The van der Waals surface area contributed by atoms with Crippen molar-refractivity contribution in [2.24, 2.45) is 17.4 Å². The van der Waals surface area contributed by atoms with Gasteiger partial charge in [0.15, 0.2) is 11.3 Å². The summed E-state index contributed by atoms with van der Waals surface area (Å²) >= 11 is 0. The minimum atomic E-state index is 0.471. The first-order valence-electron chi connectivity index (χ1n) is 7.88. The zero-order valence-electron chi connectivity index (χ0n) is 12.7. The molecule has 3 heterocycles. The highest BCUT2D eigenvalue weighted by atomic mass is 15.2. The maximum Gasteiger partial charge on any atom is 0.179 e. The number of hydrogen-bond donors (Lipinski definition) is 3. The average molecular weight is 301 g/mol.